The van der Waals surface area contributed by atoms with Crippen LogP contribution in [0, 0.1) is 5.92 Å². The Kier molecular flexibility index (Phi) is 11.0. The number of nitrogens with one attached hydrogen (secondary N) is 3. The summed E-state index contributed by atoms with van der Waals surface area (Å²) in [5.41, 5.74) is 5.54. The fourth-order valence-electron chi connectivity index (χ4n) is 2.10. The molecule has 12 heteroatoms. The van der Waals surface area contributed by atoms with Crippen LogP contribution in [0.25, 0.3) is 0 Å². The molecule has 0 aliphatic heterocycles. The zero-order valence-corrected chi connectivity index (χ0v) is 17.1. The van der Waals surface area contributed by atoms with Crippen molar-refractivity contribution in [2.45, 2.75) is 64.1 Å². The first-order valence-corrected chi connectivity index (χ1v) is 9.33. The first-order chi connectivity index (χ1) is 12.8. The summed E-state index contributed by atoms with van der Waals surface area (Å²) in [6.07, 6.45) is -2.48. The average molecular weight is 423 g/mol. The number of amides is 3. The van der Waals surface area contributed by atoms with Crippen molar-refractivity contribution in [2.24, 2.45) is 11.7 Å². The van der Waals surface area contributed by atoms with E-state index < -0.39 is 66.0 Å². The van der Waals surface area contributed by atoms with Crippen molar-refractivity contribution in [1.82, 2.24) is 16.0 Å². The van der Waals surface area contributed by atoms with Crippen LogP contribution < -0.4 is 21.7 Å². The van der Waals surface area contributed by atoms with Gasteiger partial charge in [-0.2, -0.15) is 12.6 Å². The topological polar surface area (TPSA) is 191 Å². The summed E-state index contributed by atoms with van der Waals surface area (Å²) in [6.45, 7) is 5.84. The molecule has 0 aromatic carbocycles. The zero-order chi connectivity index (χ0) is 22.2. The minimum absolute atomic E-state index is 0.191. The van der Waals surface area contributed by atoms with Crippen molar-refractivity contribution in [1.29, 1.82) is 0 Å². The molecule has 0 radical (unpaired) electrons. The van der Waals surface area contributed by atoms with Crippen LogP contribution in [0.3, 0.4) is 0 Å². The van der Waals surface area contributed by atoms with E-state index in [0.717, 1.165) is 0 Å². The summed E-state index contributed by atoms with van der Waals surface area (Å²) < 4.78 is 0. The van der Waals surface area contributed by atoms with Gasteiger partial charge in [-0.15, -0.1) is 0 Å². The standard InChI is InChI=1S/C16H30N4O7S/c1-6(2)11(19-13(23)10(17)7(3)21)14(24)20-12(8(4)22)15(25)18-9(5-28)16(26)27/h6-12,21-22,28H,5,17H2,1-4H3,(H,18,25)(H,19,23)(H,20,24)(H,26,27). The maximum atomic E-state index is 12.6. The van der Waals surface area contributed by atoms with Gasteiger partial charge in [0.1, 0.15) is 24.2 Å². The molecule has 162 valence electrons. The fraction of sp³-hybridized carbons (Fsp3) is 0.750. The number of aliphatic carboxylic acids is 1. The van der Waals surface area contributed by atoms with E-state index in [4.69, 9.17) is 10.8 Å². The minimum Gasteiger partial charge on any atom is -0.480 e. The van der Waals surface area contributed by atoms with Gasteiger partial charge in [0, 0.05) is 5.75 Å². The lowest BCUT2D eigenvalue weighted by atomic mass is 10.0. The number of nitrogens with two attached hydrogens (primary N) is 1. The molecule has 0 bridgehead atoms. The summed E-state index contributed by atoms with van der Waals surface area (Å²) in [7, 11) is 0. The number of thiol groups is 1. The highest BCUT2D eigenvalue weighted by Crippen LogP contribution is 2.05. The number of carboxylic acids is 1. The van der Waals surface area contributed by atoms with Crippen molar-refractivity contribution in [3.63, 3.8) is 0 Å². The van der Waals surface area contributed by atoms with Crippen LogP contribution in [0.2, 0.25) is 0 Å². The van der Waals surface area contributed by atoms with Crippen molar-refractivity contribution < 1.29 is 34.5 Å². The lowest BCUT2D eigenvalue weighted by Crippen LogP contribution is -2.61. The number of rotatable bonds is 11. The smallest absolute Gasteiger partial charge is 0.327 e. The molecule has 0 aliphatic carbocycles. The van der Waals surface area contributed by atoms with Gasteiger partial charge in [0.15, 0.2) is 0 Å². The van der Waals surface area contributed by atoms with E-state index in [-0.39, 0.29) is 5.75 Å². The number of aliphatic hydroxyl groups is 2. The predicted molar refractivity (Wildman–Crippen MR) is 103 cm³/mol. The SMILES string of the molecule is CC(C)C(NC(=O)C(N)C(C)O)C(=O)NC(C(=O)NC(CS)C(=O)O)C(C)O. The van der Waals surface area contributed by atoms with E-state index >= 15 is 0 Å². The van der Waals surface area contributed by atoms with Crippen molar-refractivity contribution in [3.8, 4) is 0 Å². The van der Waals surface area contributed by atoms with Gasteiger partial charge in [0.25, 0.3) is 0 Å². The molecule has 0 aliphatic rings. The molecule has 28 heavy (non-hydrogen) atoms. The summed E-state index contributed by atoms with van der Waals surface area (Å²) >= 11 is 3.83. The van der Waals surface area contributed by atoms with Gasteiger partial charge in [0.05, 0.1) is 12.2 Å². The normalized spacial score (nSPS) is 17.6. The van der Waals surface area contributed by atoms with Gasteiger partial charge in [-0.1, -0.05) is 13.8 Å². The second-order valence-corrected chi connectivity index (χ2v) is 7.17. The van der Waals surface area contributed by atoms with Crippen molar-refractivity contribution in [2.75, 3.05) is 5.75 Å². The lowest BCUT2D eigenvalue weighted by molar-refractivity contribution is -0.142. The highest BCUT2D eigenvalue weighted by molar-refractivity contribution is 7.80. The highest BCUT2D eigenvalue weighted by atomic mass is 32.1. The Labute approximate surface area is 168 Å². The van der Waals surface area contributed by atoms with Crippen LogP contribution in [0.1, 0.15) is 27.7 Å². The maximum Gasteiger partial charge on any atom is 0.327 e. The van der Waals surface area contributed by atoms with Gasteiger partial charge < -0.3 is 37.0 Å². The molecule has 8 N–H and O–H groups in total. The first kappa shape index (κ1) is 26.1. The molecular formula is C16H30N4O7S. The lowest BCUT2D eigenvalue weighted by Gasteiger charge is -2.28. The van der Waals surface area contributed by atoms with Gasteiger partial charge in [-0.3, -0.25) is 14.4 Å². The van der Waals surface area contributed by atoms with E-state index in [0.29, 0.717) is 0 Å². The number of hydrogen-bond acceptors (Lipinski definition) is 8. The molecule has 3 amide bonds. The summed E-state index contributed by atoms with van der Waals surface area (Å²) in [6, 6.07) is -5.13. The number of hydrogen-bond donors (Lipinski definition) is 8. The third-order valence-electron chi connectivity index (χ3n) is 3.93. The Morgan fingerprint density at radius 3 is 1.68 bits per heavy atom. The van der Waals surface area contributed by atoms with E-state index in [1.807, 2.05) is 0 Å². The molecule has 0 spiro atoms. The molecule has 0 saturated carbocycles. The van der Waals surface area contributed by atoms with E-state index in [9.17, 15) is 29.4 Å². The molecular weight excluding hydrogens is 392 g/mol. The van der Waals surface area contributed by atoms with Crippen LogP contribution in [0.15, 0.2) is 0 Å². The summed E-state index contributed by atoms with van der Waals surface area (Å²) in [5.74, 6) is -4.38. The minimum atomic E-state index is -1.46. The Bertz CT molecular complexity index is 571. The third kappa shape index (κ3) is 8.00. The number of carbonyl (C=O) groups is 4. The number of aliphatic hydroxyl groups excluding tert-OH is 2. The largest absolute Gasteiger partial charge is 0.480 e. The van der Waals surface area contributed by atoms with Crippen molar-refractivity contribution >= 4 is 36.3 Å². The Hall–Kier alpha value is -1.89. The average Bonchev–Trinajstić information content (AvgIpc) is 2.59. The van der Waals surface area contributed by atoms with Crippen LogP contribution in [-0.2, 0) is 19.2 Å². The molecule has 0 aromatic heterocycles. The first-order valence-electron chi connectivity index (χ1n) is 8.69. The second kappa shape index (κ2) is 11.8. The quantitative estimate of drug-likeness (QED) is 0.164. The molecule has 0 saturated heterocycles. The second-order valence-electron chi connectivity index (χ2n) is 6.81. The molecule has 0 heterocycles. The molecule has 6 atom stereocenters. The zero-order valence-electron chi connectivity index (χ0n) is 16.2. The van der Waals surface area contributed by atoms with Gasteiger partial charge >= 0.3 is 5.97 Å². The van der Waals surface area contributed by atoms with Gasteiger partial charge in [-0.05, 0) is 19.8 Å². The molecule has 0 fully saturated rings. The summed E-state index contributed by atoms with van der Waals surface area (Å²) in [5, 5.41) is 35.1. The van der Waals surface area contributed by atoms with E-state index in [2.05, 4.69) is 28.6 Å². The molecule has 6 unspecified atom stereocenters. The van der Waals surface area contributed by atoms with Crippen molar-refractivity contribution in [3.05, 3.63) is 0 Å². The Morgan fingerprint density at radius 1 is 0.857 bits per heavy atom. The number of carbonyl (C=O) groups excluding carboxylic acids is 3. The highest BCUT2D eigenvalue weighted by Gasteiger charge is 2.33. The number of carboxylic acid groups (broad SMARTS) is 1. The van der Waals surface area contributed by atoms with E-state index in [1.165, 1.54) is 13.8 Å². The Morgan fingerprint density at radius 2 is 1.32 bits per heavy atom. The van der Waals surface area contributed by atoms with E-state index in [1.54, 1.807) is 13.8 Å². The van der Waals surface area contributed by atoms with Crippen LogP contribution in [0.5, 0.6) is 0 Å². The Balaban J connectivity index is 5.29. The monoisotopic (exact) mass is 422 g/mol. The van der Waals surface area contributed by atoms with Crippen LogP contribution >= 0.6 is 12.6 Å². The fourth-order valence-corrected chi connectivity index (χ4v) is 2.35. The van der Waals surface area contributed by atoms with Gasteiger partial charge in [0.2, 0.25) is 17.7 Å². The maximum absolute atomic E-state index is 12.6. The molecule has 11 nitrogen and oxygen atoms in total. The molecule has 0 rings (SSSR count). The van der Waals surface area contributed by atoms with Crippen LogP contribution in [0.4, 0.5) is 0 Å². The summed E-state index contributed by atoms with van der Waals surface area (Å²) in [4.78, 5) is 47.9. The van der Waals surface area contributed by atoms with Crippen LogP contribution in [-0.4, -0.2) is 81.1 Å². The molecule has 0 aromatic rings. The predicted octanol–water partition coefficient (Wildman–Crippen LogP) is -2.80. The van der Waals surface area contributed by atoms with Gasteiger partial charge in [-0.25, -0.2) is 4.79 Å². The third-order valence-corrected chi connectivity index (χ3v) is 4.29.